The van der Waals surface area contributed by atoms with E-state index in [4.69, 9.17) is 11.5 Å². The molecule has 4 N–H and O–H groups in total. The van der Waals surface area contributed by atoms with E-state index in [1.807, 2.05) is 0 Å². The quantitative estimate of drug-likeness (QED) is 0.869. The lowest BCUT2D eigenvalue weighted by atomic mass is 10.1. The molecular formula is C14H13FN4O. The molecule has 0 saturated carbocycles. The molecular weight excluding hydrogens is 259 g/mol. The van der Waals surface area contributed by atoms with Crippen LogP contribution in [0.25, 0.3) is 0 Å². The van der Waals surface area contributed by atoms with Crippen LogP contribution in [0.15, 0.2) is 30.5 Å². The molecule has 0 radical (unpaired) electrons. The minimum absolute atomic E-state index is 0.238. The highest BCUT2D eigenvalue weighted by atomic mass is 19.1. The van der Waals surface area contributed by atoms with E-state index in [9.17, 15) is 9.18 Å². The van der Waals surface area contributed by atoms with Gasteiger partial charge in [-0.2, -0.15) is 0 Å². The third kappa shape index (κ3) is 1.95. The van der Waals surface area contributed by atoms with Crippen molar-refractivity contribution >= 4 is 23.1 Å². The van der Waals surface area contributed by atoms with Crippen molar-refractivity contribution in [3.63, 3.8) is 0 Å². The number of halogens is 1. The van der Waals surface area contributed by atoms with Crippen molar-refractivity contribution in [1.29, 1.82) is 0 Å². The maximum Gasteiger partial charge on any atom is 0.252 e. The van der Waals surface area contributed by atoms with Crippen LogP contribution >= 0.6 is 0 Å². The van der Waals surface area contributed by atoms with E-state index < -0.39 is 5.91 Å². The third-order valence-corrected chi connectivity index (χ3v) is 3.35. The number of aromatic nitrogens is 1. The fourth-order valence-electron chi connectivity index (χ4n) is 2.44. The minimum Gasteiger partial charge on any atom is -0.397 e. The number of hydrogen-bond donors (Lipinski definition) is 2. The lowest BCUT2D eigenvalue weighted by molar-refractivity contribution is 0.100. The molecule has 1 aliphatic rings. The summed E-state index contributed by atoms with van der Waals surface area (Å²) in [4.78, 5) is 17.5. The summed E-state index contributed by atoms with van der Waals surface area (Å²) in [5, 5.41) is 0. The van der Waals surface area contributed by atoms with Gasteiger partial charge in [-0.3, -0.25) is 4.79 Å². The SMILES string of the molecule is NC(=O)c1cc(N)cnc1N1CCc2ccc(F)cc21. The Bertz CT molecular complexity index is 702. The Morgan fingerprint density at radius 3 is 2.90 bits per heavy atom. The zero-order chi connectivity index (χ0) is 14.3. The van der Waals surface area contributed by atoms with Crippen LogP contribution in [0.3, 0.4) is 0 Å². The maximum absolute atomic E-state index is 13.4. The number of carbonyl (C=O) groups is 1. The standard InChI is InChI=1S/C14H13FN4O/c15-9-2-1-8-3-4-19(12(8)5-9)14-11(13(17)20)6-10(16)7-18-14/h1-2,5-7H,3-4,16H2,(H2,17,20). The molecule has 1 amide bonds. The highest BCUT2D eigenvalue weighted by Crippen LogP contribution is 2.35. The second kappa shape index (κ2) is 4.48. The summed E-state index contributed by atoms with van der Waals surface area (Å²) < 4.78 is 13.4. The van der Waals surface area contributed by atoms with Gasteiger partial charge in [0.2, 0.25) is 0 Å². The van der Waals surface area contributed by atoms with E-state index in [0.717, 1.165) is 12.0 Å². The molecule has 1 aromatic heterocycles. The fraction of sp³-hybridized carbons (Fsp3) is 0.143. The molecule has 1 aromatic carbocycles. The van der Waals surface area contributed by atoms with Crippen molar-refractivity contribution in [2.75, 3.05) is 17.2 Å². The van der Waals surface area contributed by atoms with E-state index in [-0.39, 0.29) is 11.4 Å². The Morgan fingerprint density at radius 1 is 1.35 bits per heavy atom. The lowest BCUT2D eigenvalue weighted by Gasteiger charge is -2.20. The van der Waals surface area contributed by atoms with Crippen molar-refractivity contribution in [2.24, 2.45) is 5.73 Å². The van der Waals surface area contributed by atoms with Crippen molar-refractivity contribution < 1.29 is 9.18 Å². The molecule has 2 heterocycles. The molecule has 0 aliphatic carbocycles. The number of pyridine rings is 1. The lowest BCUT2D eigenvalue weighted by Crippen LogP contribution is -2.22. The number of nitrogens with zero attached hydrogens (tertiary/aromatic N) is 2. The summed E-state index contributed by atoms with van der Waals surface area (Å²) in [6.45, 7) is 0.621. The molecule has 0 atom stereocenters. The molecule has 3 rings (SSSR count). The van der Waals surface area contributed by atoms with Crippen molar-refractivity contribution in [2.45, 2.75) is 6.42 Å². The van der Waals surface area contributed by atoms with Gasteiger partial charge in [-0.1, -0.05) is 6.07 Å². The first-order valence-electron chi connectivity index (χ1n) is 6.17. The van der Waals surface area contributed by atoms with Gasteiger partial charge in [0.25, 0.3) is 5.91 Å². The smallest absolute Gasteiger partial charge is 0.252 e. The molecule has 20 heavy (non-hydrogen) atoms. The van der Waals surface area contributed by atoms with Gasteiger partial charge < -0.3 is 16.4 Å². The number of nitrogens with two attached hydrogens (primary N) is 2. The summed E-state index contributed by atoms with van der Waals surface area (Å²) in [6, 6.07) is 6.09. The molecule has 6 heteroatoms. The number of rotatable bonds is 2. The monoisotopic (exact) mass is 272 g/mol. The van der Waals surface area contributed by atoms with E-state index in [1.165, 1.54) is 24.4 Å². The van der Waals surface area contributed by atoms with Gasteiger partial charge in [-0.15, -0.1) is 0 Å². The Kier molecular flexibility index (Phi) is 2.78. The number of anilines is 3. The van der Waals surface area contributed by atoms with E-state index >= 15 is 0 Å². The second-order valence-electron chi connectivity index (χ2n) is 4.68. The van der Waals surface area contributed by atoms with Crippen LogP contribution in [0.1, 0.15) is 15.9 Å². The fourth-order valence-corrected chi connectivity index (χ4v) is 2.44. The van der Waals surface area contributed by atoms with Gasteiger partial charge >= 0.3 is 0 Å². The van der Waals surface area contributed by atoms with Crippen LogP contribution in [0.5, 0.6) is 0 Å². The van der Waals surface area contributed by atoms with Crippen molar-refractivity contribution in [3.05, 3.63) is 47.4 Å². The third-order valence-electron chi connectivity index (χ3n) is 3.35. The Labute approximate surface area is 115 Å². The Morgan fingerprint density at radius 2 is 2.15 bits per heavy atom. The summed E-state index contributed by atoms with van der Waals surface area (Å²) >= 11 is 0. The number of hydrogen-bond acceptors (Lipinski definition) is 4. The molecule has 0 bridgehead atoms. The molecule has 5 nitrogen and oxygen atoms in total. The van der Waals surface area contributed by atoms with Gasteiger partial charge in [0.1, 0.15) is 11.6 Å². The van der Waals surface area contributed by atoms with Crippen LogP contribution in [0, 0.1) is 5.82 Å². The number of primary amides is 1. The van der Waals surface area contributed by atoms with Crippen LogP contribution in [0.4, 0.5) is 21.6 Å². The largest absolute Gasteiger partial charge is 0.397 e. The molecule has 102 valence electrons. The van der Waals surface area contributed by atoms with Gasteiger partial charge in [0, 0.05) is 12.2 Å². The van der Waals surface area contributed by atoms with Crippen LogP contribution < -0.4 is 16.4 Å². The molecule has 1 aliphatic heterocycles. The average molecular weight is 272 g/mol. The molecule has 0 unspecified atom stereocenters. The average Bonchev–Trinajstić information content (AvgIpc) is 2.81. The first-order chi connectivity index (χ1) is 9.56. The first-order valence-corrected chi connectivity index (χ1v) is 6.17. The second-order valence-corrected chi connectivity index (χ2v) is 4.68. The molecule has 2 aromatic rings. The zero-order valence-corrected chi connectivity index (χ0v) is 10.6. The predicted octanol–water partition coefficient (Wildman–Crippen LogP) is 1.60. The Hall–Kier alpha value is -2.63. The summed E-state index contributed by atoms with van der Waals surface area (Å²) in [5.74, 6) is -0.521. The van der Waals surface area contributed by atoms with E-state index in [0.29, 0.717) is 23.7 Å². The van der Waals surface area contributed by atoms with Gasteiger partial charge in [0.05, 0.1) is 17.4 Å². The molecule has 0 spiro atoms. The number of amides is 1. The molecule has 0 saturated heterocycles. The van der Waals surface area contributed by atoms with Crippen molar-refractivity contribution in [1.82, 2.24) is 4.98 Å². The topological polar surface area (TPSA) is 85.2 Å². The number of fused-ring (bicyclic) bond motifs is 1. The normalized spacial score (nSPS) is 13.3. The van der Waals surface area contributed by atoms with E-state index in [2.05, 4.69) is 4.98 Å². The molecule has 0 fully saturated rings. The van der Waals surface area contributed by atoms with Gasteiger partial charge in [-0.25, -0.2) is 9.37 Å². The number of benzene rings is 1. The van der Waals surface area contributed by atoms with Crippen LogP contribution in [0.2, 0.25) is 0 Å². The van der Waals surface area contributed by atoms with Crippen LogP contribution in [-0.4, -0.2) is 17.4 Å². The highest BCUT2D eigenvalue weighted by molar-refractivity contribution is 5.99. The number of carbonyl (C=O) groups excluding carboxylic acids is 1. The summed E-state index contributed by atoms with van der Waals surface area (Å²) in [5.41, 5.74) is 13.3. The predicted molar refractivity (Wildman–Crippen MR) is 74.3 cm³/mol. The van der Waals surface area contributed by atoms with Crippen molar-refractivity contribution in [3.8, 4) is 0 Å². The van der Waals surface area contributed by atoms with Crippen LogP contribution in [-0.2, 0) is 6.42 Å². The van der Waals surface area contributed by atoms with Gasteiger partial charge in [0.15, 0.2) is 0 Å². The van der Waals surface area contributed by atoms with E-state index in [1.54, 1.807) is 11.0 Å². The maximum atomic E-state index is 13.4. The first kappa shape index (κ1) is 12.4. The minimum atomic E-state index is -0.607. The summed E-state index contributed by atoms with van der Waals surface area (Å²) in [7, 11) is 0. The number of nitrogen functional groups attached to an aromatic ring is 1. The highest BCUT2D eigenvalue weighted by Gasteiger charge is 2.25. The van der Waals surface area contributed by atoms with Gasteiger partial charge in [-0.05, 0) is 30.2 Å². The summed E-state index contributed by atoms with van der Waals surface area (Å²) in [6.07, 6.45) is 2.22. The Balaban J connectivity index is 2.13. The zero-order valence-electron chi connectivity index (χ0n) is 10.6.